The van der Waals surface area contributed by atoms with Gasteiger partial charge in [0.2, 0.25) is 11.2 Å². The molecule has 42 heavy (non-hydrogen) atoms. The molecule has 2 unspecified atom stereocenters. The number of pyridine rings is 3. The van der Waals surface area contributed by atoms with Gasteiger partial charge in [-0.15, -0.1) is 0 Å². The minimum Gasteiger partial charge on any atom is -0.181 e. The first kappa shape index (κ1) is 25.4. The monoisotopic (exact) mass is 546 g/mol. The number of aromatic nitrogens is 2. The molecule has 6 aromatic rings. The van der Waals surface area contributed by atoms with Crippen LogP contribution in [0.1, 0.15) is 68.8 Å². The number of fused-ring (bicyclic) bond motifs is 14. The standard InChI is InChI=1S/C40H38N2/c1-4-7-15-28-21-22-34-33(26-28)35-20-13-14-24-42(35)40(6-3)38-37(39(34,40)5-2)32-19-12-11-18-31(32)36-27-30(23-25-41(36)38)29-16-9-8-10-17-29/h8-14,16-27H,4-7,15H2,1-3H3/q+2. The molecule has 0 radical (unpaired) electrons. The van der Waals surface area contributed by atoms with Crippen molar-refractivity contribution in [2.24, 2.45) is 0 Å². The highest BCUT2D eigenvalue weighted by atomic mass is 15.2. The Morgan fingerprint density at radius 1 is 0.667 bits per heavy atom. The van der Waals surface area contributed by atoms with Gasteiger partial charge < -0.3 is 0 Å². The van der Waals surface area contributed by atoms with E-state index in [2.05, 4.69) is 145 Å². The molecule has 2 heteroatoms. The third-order valence-electron chi connectivity index (χ3n) is 10.5. The molecule has 1 aliphatic heterocycles. The third-order valence-corrected chi connectivity index (χ3v) is 10.5. The van der Waals surface area contributed by atoms with E-state index in [-0.39, 0.29) is 11.0 Å². The first-order valence-electron chi connectivity index (χ1n) is 15.8. The van der Waals surface area contributed by atoms with Gasteiger partial charge in [-0.3, -0.25) is 0 Å². The van der Waals surface area contributed by atoms with Gasteiger partial charge in [-0.25, -0.2) is 0 Å². The van der Waals surface area contributed by atoms with Gasteiger partial charge in [-0.05, 0) is 65.1 Å². The lowest BCUT2D eigenvalue weighted by molar-refractivity contribution is -0.782. The van der Waals surface area contributed by atoms with E-state index in [4.69, 9.17) is 0 Å². The number of rotatable bonds is 6. The molecule has 0 saturated carbocycles. The fourth-order valence-electron chi connectivity index (χ4n) is 8.75. The van der Waals surface area contributed by atoms with Crippen molar-refractivity contribution in [1.82, 2.24) is 0 Å². The van der Waals surface area contributed by atoms with Crippen LogP contribution in [0.2, 0.25) is 0 Å². The molecule has 8 rings (SSSR count). The largest absolute Gasteiger partial charge is 0.266 e. The van der Waals surface area contributed by atoms with E-state index < -0.39 is 0 Å². The van der Waals surface area contributed by atoms with E-state index >= 15 is 0 Å². The van der Waals surface area contributed by atoms with Crippen molar-refractivity contribution in [2.75, 3.05) is 0 Å². The molecule has 0 fully saturated rings. The Bertz CT molecular complexity index is 2010. The number of benzene rings is 3. The summed E-state index contributed by atoms with van der Waals surface area (Å²) in [6.07, 6.45) is 10.4. The maximum absolute atomic E-state index is 2.65. The molecular weight excluding hydrogens is 508 g/mol. The molecule has 3 aromatic carbocycles. The minimum atomic E-state index is -0.188. The zero-order valence-electron chi connectivity index (χ0n) is 24.9. The average Bonchev–Trinajstić information content (AvgIpc) is 3.05. The molecule has 0 amide bonds. The summed E-state index contributed by atoms with van der Waals surface area (Å²) in [6, 6.07) is 38.8. The lowest BCUT2D eigenvalue weighted by Crippen LogP contribution is -2.79. The molecule has 0 spiro atoms. The molecule has 4 heterocycles. The molecule has 206 valence electrons. The van der Waals surface area contributed by atoms with Crippen molar-refractivity contribution in [3.05, 3.63) is 138 Å². The van der Waals surface area contributed by atoms with Crippen molar-refractivity contribution < 1.29 is 8.97 Å². The van der Waals surface area contributed by atoms with Crippen LogP contribution < -0.4 is 8.97 Å². The number of hydrogen-bond acceptors (Lipinski definition) is 0. The highest BCUT2D eigenvalue weighted by molar-refractivity contribution is 6.00. The Balaban J connectivity index is 1.51. The van der Waals surface area contributed by atoms with Crippen molar-refractivity contribution in [1.29, 1.82) is 0 Å². The van der Waals surface area contributed by atoms with E-state index in [0.717, 1.165) is 19.3 Å². The van der Waals surface area contributed by atoms with Crippen LogP contribution in [0.5, 0.6) is 0 Å². The van der Waals surface area contributed by atoms with Crippen molar-refractivity contribution in [2.45, 2.75) is 63.8 Å². The van der Waals surface area contributed by atoms with E-state index in [9.17, 15) is 0 Å². The highest BCUT2D eigenvalue weighted by Gasteiger charge is 2.77. The Kier molecular flexibility index (Phi) is 5.66. The van der Waals surface area contributed by atoms with E-state index in [0.29, 0.717) is 0 Å². The molecule has 2 nitrogen and oxygen atoms in total. The van der Waals surface area contributed by atoms with Gasteiger partial charge in [0.05, 0.1) is 16.5 Å². The van der Waals surface area contributed by atoms with Gasteiger partial charge in [-0.2, -0.15) is 8.97 Å². The van der Waals surface area contributed by atoms with Crippen LogP contribution in [0.25, 0.3) is 38.7 Å². The Labute approximate surface area is 248 Å². The van der Waals surface area contributed by atoms with Crippen LogP contribution in [0.4, 0.5) is 0 Å². The van der Waals surface area contributed by atoms with Gasteiger partial charge in [0, 0.05) is 30.7 Å². The first-order chi connectivity index (χ1) is 20.7. The summed E-state index contributed by atoms with van der Waals surface area (Å²) in [5, 5.41) is 2.72. The number of aryl methyl sites for hydroxylation is 1. The zero-order valence-corrected chi connectivity index (χ0v) is 24.9. The molecule has 1 aliphatic carbocycles. The maximum Gasteiger partial charge on any atom is 0.266 e. The quantitative estimate of drug-likeness (QED) is 0.146. The molecule has 3 aromatic heterocycles. The lowest BCUT2D eigenvalue weighted by atomic mass is 9.45. The van der Waals surface area contributed by atoms with Gasteiger partial charge in [0.25, 0.3) is 11.2 Å². The second-order valence-electron chi connectivity index (χ2n) is 12.2. The summed E-state index contributed by atoms with van der Waals surface area (Å²) in [4.78, 5) is 0. The van der Waals surface area contributed by atoms with E-state index in [1.54, 1.807) is 0 Å². The topological polar surface area (TPSA) is 7.98 Å². The Hall–Kier alpha value is -4.30. The number of nitrogens with zero attached hydrogens (tertiary/aromatic N) is 2. The van der Waals surface area contributed by atoms with Crippen LogP contribution >= 0.6 is 0 Å². The van der Waals surface area contributed by atoms with Crippen LogP contribution in [0, 0.1) is 0 Å². The minimum absolute atomic E-state index is 0.117. The Morgan fingerprint density at radius 3 is 2.24 bits per heavy atom. The van der Waals surface area contributed by atoms with Crippen molar-refractivity contribution in [3.8, 4) is 22.4 Å². The summed E-state index contributed by atoms with van der Waals surface area (Å²) in [6.45, 7) is 7.10. The van der Waals surface area contributed by atoms with Crippen LogP contribution in [-0.2, 0) is 17.4 Å². The summed E-state index contributed by atoms with van der Waals surface area (Å²) in [5.74, 6) is 0. The van der Waals surface area contributed by atoms with Crippen LogP contribution in [-0.4, -0.2) is 0 Å². The van der Waals surface area contributed by atoms with E-state index in [1.807, 2.05) is 0 Å². The van der Waals surface area contributed by atoms with Gasteiger partial charge in [-0.1, -0.05) is 87.9 Å². The Morgan fingerprint density at radius 2 is 1.45 bits per heavy atom. The first-order valence-corrected chi connectivity index (χ1v) is 15.8. The SMILES string of the molecule is CCCCc1ccc2c(c1)-c1cccc[n+]1C1(CC)c3c(c4ccccc4c4cc(-c5ccccc5)cc[n+]34)C21CC. The summed E-state index contributed by atoms with van der Waals surface area (Å²) in [5.41, 5.74) is 12.1. The second-order valence-corrected chi connectivity index (χ2v) is 12.2. The summed E-state index contributed by atoms with van der Waals surface area (Å²) in [7, 11) is 0. The fraction of sp³-hybridized carbons (Fsp3) is 0.250. The lowest BCUT2D eigenvalue weighted by Gasteiger charge is -2.55. The summed E-state index contributed by atoms with van der Waals surface area (Å²) < 4.78 is 5.18. The van der Waals surface area contributed by atoms with Gasteiger partial charge in [0.1, 0.15) is 5.41 Å². The van der Waals surface area contributed by atoms with Crippen molar-refractivity contribution in [3.63, 3.8) is 0 Å². The molecule has 0 saturated heterocycles. The van der Waals surface area contributed by atoms with Crippen LogP contribution in [0.15, 0.2) is 116 Å². The molecule has 2 atom stereocenters. The van der Waals surface area contributed by atoms with Gasteiger partial charge >= 0.3 is 0 Å². The van der Waals surface area contributed by atoms with Crippen molar-refractivity contribution >= 4 is 16.3 Å². The molecular formula is C40H38N2+2. The predicted octanol–water partition coefficient (Wildman–Crippen LogP) is 8.72. The predicted molar refractivity (Wildman–Crippen MR) is 172 cm³/mol. The third kappa shape index (κ3) is 3.05. The number of unbranched alkanes of at least 4 members (excludes halogenated alkanes) is 1. The zero-order chi connectivity index (χ0) is 28.5. The van der Waals surface area contributed by atoms with E-state index in [1.165, 1.54) is 73.9 Å². The number of hydrogen-bond donors (Lipinski definition) is 0. The molecule has 0 N–H and O–H groups in total. The van der Waals surface area contributed by atoms with Crippen LogP contribution in [0.3, 0.4) is 0 Å². The average molecular weight is 547 g/mol. The van der Waals surface area contributed by atoms with Gasteiger partial charge in [0.15, 0.2) is 12.4 Å². The highest BCUT2D eigenvalue weighted by Crippen LogP contribution is 2.65. The fourth-order valence-corrected chi connectivity index (χ4v) is 8.75. The molecule has 2 aliphatic rings. The second kappa shape index (κ2) is 9.36. The smallest absolute Gasteiger partial charge is 0.181 e. The summed E-state index contributed by atoms with van der Waals surface area (Å²) >= 11 is 0. The molecule has 0 bridgehead atoms. The normalized spacial score (nSPS) is 20.0. The maximum atomic E-state index is 2.65.